The van der Waals surface area contributed by atoms with Gasteiger partial charge in [0.25, 0.3) is 12.0 Å². The molecule has 5 aromatic rings. The number of ether oxygens (including phenoxy) is 3. The number of fused-ring (bicyclic) bond motifs is 3. The summed E-state index contributed by atoms with van der Waals surface area (Å²) in [5.74, 6) is 1.68. The Morgan fingerprint density at radius 3 is 2.41 bits per heavy atom. The van der Waals surface area contributed by atoms with Gasteiger partial charge < -0.3 is 54.2 Å². The molecule has 450 valence electrons. The zero-order chi connectivity index (χ0) is 59.5. The predicted molar refractivity (Wildman–Crippen MR) is 321 cm³/mol. The van der Waals surface area contributed by atoms with Crippen molar-refractivity contribution in [1.29, 1.82) is 5.26 Å². The van der Waals surface area contributed by atoms with E-state index in [0.29, 0.717) is 90.7 Å². The molecule has 85 heavy (non-hydrogen) atoms. The Kier molecular flexibility index (Phi) is 18.2. The Hall–Kier alpha value is -7.46. The van der Waals surface area contributed by atoms with Gasteiger partial charge in [0, 0.05) is 86.6 Å². The van der Waals surface area contributed by atoms with Crippen LogP contribution in [0, 0.1) is 11.3 Å². The summed E-state index contributed by atoms with van der Waals surface area (Å²) in [5, 5.41) is 19.0. The van der Waals surface area contributed by atoms with Gasteiger partial charge in [-0.1, -0.05) is 55.6 Å². The van der Waals surface area contributed by atoms with Crippen LogP contribution >= 0.6 is 11.6 Å². The first-order chi connectivity index (χ1) is 41.2. The number of carbonyl (C=O) groups excluding carboxylic acids is 3. The molecule has 6 aliphatic rings. The number of piperidine rings is 1. The maximum absolute atomic E-state index is 14.9. The third-order valence-electron chi connectivity index (χ3n) is 17.5. The van der Waals surface area contributed by atoms with E-state index in [1.54, 1.807) is 36.3 Å². The summed E-state index contributed by atoms with van der Waals surface area (Å²) in [5.41, 5.74) is 4.18. The number of nitriles is 1. The number of carbonyl (C=O) groups is 3. The SMILES string of the molecule is CC[C@@H]1C(=O)N(C)c2cnc(Nc3ccc(C(=O)NC4CCN(C(=O)OCC(=C(F)F)S(=O)N5CCN(c6nc(OCC7CCCN7C)nc7c6CCN(c6cccc8cccc(Cl)c68)C7)CC5CC#N)CC4)cc3OC)nc2N1C1CCCC1. The zero-order valence-electron chi connectivity index (χ0n) is 48.3. The Bertz CT molecular complexity index is 3430. The zero-order valence-corrected chi connectivity index (χ0v) is 49.8. The number of anilines is 6. The number of hydrogen-bond donors (Lipinski definition) is 2. The van der Waals surface area contributed by atoms with Crippen LogP contribution in [0.5, 0.6) is 11.8 Å². The van der Waals surface area contributed by atoms with Gasteiger partial charge in [-0.2, -0.15) is 29.0 Å². The lowest BCUT2D eigenvalue weighted by molar-refractivity contribution is -0.120. The Morgan fingerprint density at radius 2 is 1.68 bits per heavy atom. The van der Waals surface area contributed by atoms with Crippen LogP contribution in [-0.2, 0) is 33.5 Å². The van der Waals surface area contributed by atoms with Crippen molar-refractivity contribution < 1.29 is 41.6 Å². The van der Waals surface area contributed by atoms with E-state index < -0.39 is 40.7 Å². The van der Waals surface area contributed by atoms with Gasteiger partial charge in [0.05, 0.1) is 54.8 Å². The van der Waals surface area contributed by atoms with Gasteiger partial charge in [-0.25, -0.2) is 18.3 Å². The highest BCUT2D eigenvalue weighted by Gasteiger charge is 2.42. The van der Waals surface area contributed by atoms with Crippen LogP contribution in [0.25, 0.3) is 10.8 Å². The second-order valence-corrected chi connectivity index (χ2v) is 24.4. The summed E-state index contributed by atoms with van der Waals surface area (Å²) in [4.78, 5) is 70.7. The van der Waals surface area contributed by atoms with Crippen molar-refractivity contribution in [2.75, 3.05) is 105 Å². The fourth-order valence-electron chi connectivity index (χ4n) is 12.8. The summed E-state index contributed by atoms with van der Waals surface area (Å²) >= 11 is 6.78. The first kappa shape index (κ1) is 59.3. The number of halogens is 3. The molecule has 3 amide bonds. The van der Waals surface area contributed by atoms with E-state index >= 15 is 0 Å². The third-order valence-corrected chi connectivity index (χ3v) is 19.4. The molecule has 1 aliphatic carbocycles. The minimum Gasteiger partial charge on any atom is -0.495 e. The maximum atomic E-state index is 14.9. The Morgan fingerprint density at radius 1 is 0.894 bits per heavy atom. The van der Waals surface area contributed by atoms with E-state index in [1.807, 2.05) is 42.2 Å². The monoisotopic (exact) mass is 1200 g/mol. The van der Waals surface area contributed by atoms with Crippen LogP contribution < -0.4 is 39.7 Å². The third kappa shape index (κ3) is 12.5. The second kappa shape index (κ2) is 26.0. The Balaban J connectivity index is 0.701. The molecule has 3 aromatic carbocycles. The molecule has 0 bridgehead atoms. The molecule has 25 heteroatoms. The van der Waals surface area contributed by atoms with Gasteiger partial charge in [0.2, 0.25) is 11.9 Å². The van der Waals surface area contributed by atoms with Crippen LogP contribution in [0.2, 0.25) is 5.02 Å². The van der Waals surface area contributed by atoms with Crippen LogP contribution in [-0.4, -0.2) is 167 Å². The van der Waals surface area contributed by atoms with E-state index in [4.69, 9.17) is 40.8 Å². The lowest BCUT2D eigenvalue weighted by Crippen LogP contribution is -2.55. The molecule has 2 aromatic heterocycles. The summed E-state index contributed by atoms with van der Waals surface area (Å²) in [7, 11) is 2.85. The fourth-order valence-corrected chi connectivity index (χ4v) is 14.4. The highest BCUT2D eigenvalue weighted by atomic mass is 35.5. The normalized spacial score (nSPS) is 20.9. The molecule has 11 rings (SSSR count). The number of benzene rings is 3. The van der Waals surface area contributed by atoms with Gasteiger partial charge in [-0.15, -0.1) is 0 Å². The van der Waals surface area contributed by atoms with E-state index in [-0.39, 0.29) is 81.1 Å². The standard InChI is InChI=1S/C60H71ClF2N14O7S/c1-5-47-57(79)72(3)49-32-65-58(69-55(49)77(47)40-13-6-7-14-40)67-45-19-18-38(31-50(45)82-4)56(78)66-39-21-26-73(27-22-39)60(80)84-36-51(53(62)63)85(81)76-30-29-75(33-41(76)20-24-64)54-43-23-28-74(48-17-9-12-37-11-8-16-44(61)52(37)48)34-46(43)68-59(70-54)83-35-42-15-10-25-71(42)2/h8-9,11-12,16-19,31-32,39-42,47H,5-7,10,13-15,20-23,25-30,33-36H2,1-4H3,(H,66,78)(H,65,67,69)/t41?,42?,47-,85?/m1/s1. The number of rotatable bonds is 17. The van der Waals surface area contributed by atoms with Crippen LogP contribution in [0.3, 0.4) is 0 Å². The number of likely N-dealkylation sites (tertiary alicyclic amines) is 2. The van der Waals surface area contributed by atoms with Crippen LogP contribution in [0.1, 0.15) is 92.7 Å². The number of likely N-dealkylation sites (N-methyl/N-ethyl adjacent to an activating group) is 2. The molecule has 5 aliphatic heterocycles. The number of methoxy groups -OCH3 is 1. The van der Waals surface area contributed by atoms with Crippen molar-refractivity contribution in [2.45, 2.75) is 114 Å². The topological polar surface area (TPSA) is 218 Å². The van der Waals surface area contributed by atoms with Gasteiger partial charge in [-0.3, -0.25) is 9.59 Å². The van der Waals surface area contributed by atoms with Gasteiger partial charge in [0.1, 0.15) is 52.4 Å². The molecular formula is C60H71ClF2N14O7S. The van der Waals surface area contributed by atoms with Gasteiger partial charge >= 0.3 is 12.1 Å². The highest BCUT2D eigenvalue weighted by molar-refractivity contribution is 7.86. The van der Waals surface area contributed by atoms with Gasteiger partial charge in [-0.05, 0) is 101 Å². The van der Waals surface area contributed by atoms with Crippen molar-refractivity contribution in [1.82, 2.24) is 39.4 Å². The summed E-state index contributed by atoms with van der Waals surface area (Å²) in [6.45, 7) is 4.28. The van der Waals surface area contributed by atoms with Crippen molar-refractivity contribution >= 4 is 85.9 Å². The van der Waals surface area contributed by atoms with Crippen molar-refractivity contribution in [3.05, 3.63) is 93.6 Å². The minimum absolute atomic E-state index is 0.0233. The lowest BCUT2D eigenvalue weighted by atomic mass is 10.0. The fraction of sp³-hybridized carbons (Fsp3) is 0.500. The smallest absolute Gasteiger partial charge is 0.410 e. The number of amides is 3. The van der Waals surface area contributed by atoms with Crippen molar-refractivity contribution in [3.8, 4) is 17.8 Å². The lowest BCUT2D eigenvalue weighted by Gasteiger charge is -2.43. The number of piperazine rings is 1. The predicted octanol–water partition coefficient (Wildman–Crippen LogP) is 8.57. The number of nitrogens with zero attached hydrogens (tertiary/aromatic N) is 12. The molecule has 1 saturated carbocycles. The molecular weight excluding hydrogens is 1130 g/mol. The number of aromatic nitrogens is 4. The molecule has 21 nitrogen and oxygen atoms in total. The molecule has 7 heterocycles. The number of hydrogen-bond acceptors (Lipinski definition) is 17. The first-order valence-corrected chi connectivity index (χ1v) is 30.8. The van der Waals surface area contributed by atoms with Crippen LogP contribution in [0.15, 0.2) is 71.8 Å². The summed E-state index contributed by atoms with van der Waals surface area (Å²) in [6, 6.07) is 18.3. The molecule has 4 atom stereocenters. The molecule has 0 spiro atoms. The van der Waals surface area contributed by atoms with Gasteiger partial charge in [0.15, 0.2) is 5.82 Å². The number of nitrogens with one attached hydrogen (secondary N) is 2. The quantitative estimate of drug-likeness (QED) is 0.0891. The summed E-state index contributed by atoms with van der Waals surface area (Å²) < 4.78 is 62.8. The van der Waals surface area contributed by atoms with Crippen molar-refractivity contribution in [2.24, 2.45) is 0 Å². The minimum atomic E-state index is -2.47. The highest BCUT2D eigenvalue weighted by Crippen LogP contribution is 2.42. The van der Waals surface area contributed by atoms with E-state index in [9.17, 15) is 32.6 Å². The second-order valence-electron chi connectivity index (χ2n) is 22.6. The molecule has 3 saturated heterocycles. The van der Waals surface area contributed by atoms with E-state index in [1.165, 1.54) is 16.3 Å². The van der Waals surface area contributed by atoms with E-state index in [2.05, 4.69) is 49.5 Å². The molecule has 3 unspecified atom stereocenters. The molecule has 2 N–H and O–H groups in total. The van der Waals surface area contributed by atoms with Crippen LogP contribution in [0.4, 0.5) is 48.2 Å². The average molecular weight is 1210 g/mol. The Labute approximate surface area is 500 Å². The summed E-state index contributed by atoms with van der Waals surface area (Å²) in [6.07, 6.45) is 6.59. The first-order valence-electron chi connectivity index (χ1n) is 29.3. The molecule has 0 radical (unpaired) electrons. The molecule has 4 fully saturated rings. The largest absolute Gasteiger partial charge is 0.495 e. The maximum Gasteiger partial charge on any atom is 0.410 e. The van der Waals surface area contributed by atoms with E-state index in [0.717, 1.165) is 72.8 Å². The average Bonchev–Trinajstić information content (AvgIpc) is 4.32. The van der Waals surface area contributed by atoms with Crippen molar-refractivity contribution in [3.63, 3.8) is 0 Å².